The standard InChI is InChI=1S/C4F6O2/c5-1(11)3(7,2(6)12)4(8,9)10. The van der Waals surface area contributed by atoms with E-state index in [1.54, 1.807) is 0 Å². The van der Waals surface area contributed by atoms with E-state index >= 15 is 0 Å². The van der Waals surface area contributed by atoms with Crippen LogP contribution >= 0.6 is 0 Å². The Morgan fingerprint density at radius 1 is 0.833 bits per heavy atom. The second-order valence-electron chi connectivity index (χ2n) is 1.70. The Morgan fingerprint density at radius 2 is 1.08 bits per heavy atom. The minimum atomic E-state index is -6.22. The van der Waals surface area contributed by atoms with Gasteiger partial charge >= 0.3 is 23.9 Å². The summed E-state index contributed by atoms with van der Waals surface area (Å²) in [5.74, 6) is 0. The summed E-state index contributed by atoms with van der Waals surface area (Å²) in [6.07, 6.45) is -6.22. The number of carbonyl (C=O) groups is 2. The van der Waals surface area contributed by atoms with Crippen molar-refractivity contribution in [2.45, 2.75) is 11.8 Å². The number of carbonyl (C=O) groups excluding carboxylic acids is 2. The Morgan fingerprint density at radius 3 is 1.08 bits per heavy atom. The van der Waals surface area contributed by atoms with Crippen LogP contribution in [0.5, 0.6) is 0 Å². The SMILES string of the molecule is O=C(F)C(F)(C(=O)F)C(F)(F)F. The molecule has 12 heavy (non-hydrogen) atoms. The van der Waals surface area contributed by atoms with Crippen molar-refractivity contribution in [2.24, 2.45) is 0 Å². The highest BCUT2D eigenvalue weighted by atomic mass is 19.4. The third-order valence-electron chi connectivity index (χ3n) is 0.932. The molecule has 0 unspecified atom stereocenters. The largest absolute Gasteiger partial charge is 0.443 e. The lowest BCUT2D eigenvalue weighted by Gasteiger charge is -2.16. The third kappa shape index (κ3) is 1.41. The van der Waals surface area contributed by atoms with Gasteiger partial charge in [0.2, 0.25) is 0 Å². The first-order valence-electron chi connectivity index (χ1n) is 2.29. The normalized spacial score (nSPS) is 12.8. The molecule has 0 aromatic rings. The summed E-state index contributed by atoms with van der Waals surface area (Å²) < 4.78 is 68.5. The maximum Gasteiger partial charge on any atom is 0.443 e. The van der Waals surface area contributed by atoms with E-state index in [9.17, 15) is 35.9 Å². The zero-order chi connectivity index (χ0) is 10.2. The predicted molar refractivity (Wildman–Crippen MR) is 22.1 cm³/mol. The van der Waals surface area contributed by atoms with Crippen LogP contribution in [0.15, 0.2) is 0 Å². The van der Waals surface area contributed by atoms with E-state index in [2.05, 4.69) is 0 Å². The van der Waals surface area contributed by atoms with Gasteiger partial charge in [-0.25, -0.2) is 4.39 Å². The van der Waals surface area contributed by atoms with Gasteiger partial charge in [-0.05, 0) is 0 Å². The van der Waals surface area contributed by atoms with Gasteiger partial charge in [-0.15, -0.1) is 0 Å². The Hall–Kier alpha value is -1.08. The van der Waals surface area contributed by atoms with E-state index < -0.39 is 23.9 Å². The molecule has 0 aromatic carbocycles. The number of halogens is 6. The quantitative estimate of drug-likeness (QED) is 0.376. The lowest BCUT2D eigenvalue weighted by molar-refractivity contribution is -0.231. The van der Waals surface area contributed by atoms with Gasteiger partial charge in [-0.3, -0.25) is 9.59 Å². The monoisotopic (exact) mass is 194 g/mol. The van der Waals surface area contributed by atoms with Crippen LogP contribution in [0.2, 0.25) is 0 Å². The molecule has 0 amide bonds. The lowest BCUT2D eigenvalue weighted by atomic mass is 10.1. The molecule has 2 nitrogen and oxygen atoms in total. The summed E-state index contributed by atoms with van der Waals surface area (Å²) in [6.45, 7) is 0. The van der Waals surface area contributed by atoms with Crippen LogP contribution in [0, 0.1) is 0 Å². The van der Waals surface area contributed by atoms with Crippen molar-refractivity contribution in [2.75, 3.05) is 0 Å². The smallest absolute Gasteiger partial charge is 0.256 e. The van der Waals surface area contributed by atoms with E-state index in [-0.39, 0.29) is 0 Å². The molecular formula is C4F6O2. The van der Waals surface area contributed by atoms with Gasteiger partial charge < -0.3 is 0 Å². The molecule has 0 bridgehead atoms. The van der Waals surface area contributed by atoms with Crippen LogP contribution < -0.4 is 0 Å². The van der Waals surface area contributed by atoms with Crippen molar-refractivity contribution in [1.29, 1.82) is 0 Å². The van der Waals surface area contributed by atoms with Gasteiger partial charge in [0.25, 0.3) is 0 Å². The zero-order valence-electron chi connectivity index (χ0n) is 5.08. The molecule has 0 N–H and O–H groups in total. The molecule has 0 aliphatic carbocycles. The molecule has 0 atom stereocenters. The molecule has 0 radical (unpaired) electrons. The minimum Gasteiger partial charge on any atom is -0.256 e. The third-order valence-corrected chi connectivity index (χ3v) is 0.932. The number of hydrogen-bond donors (Lipinski definition) is 0. The first kappa shape index (κ1) is 10.9. The number of rotatable bonds is 2. The highest BCUT2D eigenvalue weighted by Crippen LogP contribution is 2.36. The summed E-state index contributed by atoms with van der Waals surface area (Å²) in [6, 6.07) is -7.44. The maximum absolute atomic E-state index is 12.0. The van der Waals surface area contributed by atoms with Gasteiger partial charge in [0, 0.05) is 0 Å². The van der Waals surface area contributed by atoms with Gasteiger partial charge in [0.15, 0.2) is 0 Å². The molecule has 0 aliphatic rings. The van der Waals surface area contributed by atoms with Crippen LogP contribution in [-0.4, -0.2) is 23.9 Å². The molecule has 0 aromatic heterocycles. The lowest BCUT2D eigenvalue weighted by Crippen LogP contribution is -2.51. The van der Waals surface area contributed by atoms with Gasteiger partial charge in [0.1, 0.15) is 0 Å². The summed E-state index contributed by atoms with van der Waals surface area (Å²) in [7, 11) is 0. The summed E-state index contributed by atoms with van der Waals surface area (Å²) in [4.78, 5) is 18.7. The topological polar surface area (TPSA) is 34.1 Å². The Balaban J connectivity index is 5.17. The number of alkyl halides is 4. The Labute approximate surface area is 61.2 Å². The second kappa shape index (κ2) is 2.76. The molecule has 0 saturated carbocycles. The molecule has 8 heteroatoms. The molecule has 0 saturated heterocycles. The highest BCUT2D eigenvalue weighted by molar-refractivity contribution is 6.03. The first-order valence-corrected chi connectivity index (χ1v) is 2.29. The fourth-order valence-electron chi connectivity index (χ4n) is 0.300. The van der Waals surface area contributed by atoms with Gasteiger partial charge in [0.05, 0.1) is 0 Å². The maximum atomic E-state index is 12.0. The van der Waals surface area contributed by atoms with Crippen molar-refractivity contribution in [3.05, 3.63) is 0 Å². The number of hydrogen-bond acceptors (Lipinski definition) is 2. The molecule has 0 rings (SSSR count). The zero-order valence-corrected chi connectivity index (χ0v) is 5.08. The van der Waals surface area contributed by atoms with Crippen molar-refractivity contribution in [3.63, 3.8) is 0 Å². The molecule has 0 heterocycles. The second-order valence-corrected chi connectivity index (χ2v) is 1.70. The van der Waals surface area contributed by atoms with Crippen LogP contribution in [0.4, 0.5) is 26.3 Å². The Kier molecular flexibility index (Phi) is 2.51. The molecular weight excluding hydrogens is 194 g/mol. The summed E-state index contributed by atoms with van der Waals surface area (Å²) >= 11 is 0. The van der Waals surface area contributed by atoms with Crippen LogP contribution in [0.1, 0.15) is 0 Å². The van der Waals surface area contributed by atoms with Crippen LogP contribution in [0.3, 0.4) is 0 Å². The van der Waals surface area contributed by atoms with Crippen molar-refractivity contribution < 1.29 is 35.9 Å². The van der Waals surface area contributed by atoms with Crippen molar-refractivity contribution in [3.8, 4) is 0 Å². The van der Waals surface area contributed by atoms with E-state index in [1.807, 2.05) is 0 Å². The summed E-state index contributed by atoms with van der Waals surface area (Å²) in [5.41, 5.74) is -5.67. The molecule has 0 fully saturated rings. The van der Waals surface area contributed by atoms with Gasteiger partial charge in [-0.2, -0.15) is 22.0 Å². The first-order chi connectivity index (χ1) is 5.14. The fourth-order valence-corrected chi connectivity index (χ4v) is 0.300. The fraction of sp³-hybridized carbons (Fsp3) is 0.500. The van der Waals surface area contributed by atoms with Crippen molar-refractivity contribution in [1.82, 2.24) is 0 Å². The van der Waals surface area contributed by atoms with Gasteiger partial charge in [-0.1, -0.05) is 0 Å². The van der Waals surface area contributed by atoms with E-state index in [1.165, 1.54) is 0 Å². The average Bonchev–Trinajstić information content (AvgIpc) is 1.82. The highest BCUT2D eigenvalue weighted by Gasteiger charge is 2.69. The van der Waals surface area contributed by atoms with Crippen molar-refractivity contribution >= 4 is 12.1 Å². The molecule has 0 aliphatic heterocycles. The molecule has 70 valence electrons. The van der Waals surface area contributed by atoms with E-state index in [0.29, 0.717) is 0 Å². The summed E-state index contributed by atoms with van der Waals surface area (Å²) in [5, 5.41) is 0. The van der Waals surface area contributed by atoms with E-state index in [0.717, 1.165) is 0 Å². The van der Waals surface area contributed by atoms with Crippen LogP contribution in [-0.2, 0) is 9.59 Å². The predicted octanol–water partition coefficient (Wildman–Crippen LogP) is 1.25. The van der Waals surface area contributed by atoms with Crippen LogP contribution in [0.25, 0.3) is 0 Å². The Bertz CT molecular complexity index is 204. The van der Waals surface area contributed by atoms with E-state index in [4.69, 9.17) is 0 Å². The minimum absolute atomic E-state index is 3.72. The molecule has 0 spiro atoms. The average molecular weight is 194 g/mol.